The number of nitriles is 1. The minimum Gasteiger partial charge on any atom is -0.397 e. The van der Waals surface area contributed by atoms with Gasteiger partial charge in [0.05, 0.1) is 11.8 Å². The van der Waals surface area contributed by atoms with E-state index in [-0.39, 0.29) is 5.69 Å². The number of carbonyl (C=O) groups is 1. The average molecular weight is 204 g/mol. The number of nitrogens with two attached hydrogens (primary N) is 1. The number of aromatic nitrogens is 1. The van der Waals surface area contributed by atoms with Gasteiger partial charge in [0.2, 0.25) is 0 Å². The summed E-state index contributed by atoms with van der Waals surface area (Å²) in [5, 5.41) is 11.3. The van der Waals surface area contributed by atoms with E-state index in [0.717, 1.165) is 0 Å². The van der Waals surface area contributed by atoms with E-state index >= 15 is 0 Å². The summed E-state index contributed by atoms with van der Waals surface area (Å²) in [7, 11) is 0. The lowest BCUT2D eigenvalue weighted by Crippen LogP contribution is -2.42. The van der Waals surface area contributed by atoms with Gasteiger partial charge in [-0.1, -0.05) is 0 Å². The number of carbonyl (C=O) groups excluding carboxylic acids is 1. The molecule has 0 spiro atoms. The molecule has 0 aliphatic carbocycles. The maximum atomic E-state index is 11.6. The van der Waals surface area contributed by atoms with Crippen LogP contribution >= 0.6 is 0 Å². The summed E-state index contributed by atoms with van der Waals surface area (Å²) in [6.45, 7) is 3.20. The molecule has 1 heterocycles. The zero-order chi connectivity index (χ0) is 11.5. The van der Waals surface area contributed by atoms with Crippen molar-refractivity contribution in [1.29, 1.82) is 5.26 Å². The quantitative estimate of drug-likeness (QED) is 0.741. The topological polar surface area (TPSA) is 91.8 Å². The molecule has 1 amide bonds. The van der Waals surface area contributed by atoms with Crippen LogP contribution in [0.25, 0.3) is 0 Å². The number of hydrogen-bond donors (Lipinski definition) is 2. The summed E-state index contributed by atoms with van der Waals surface area (Å²) >= 11 is 0. The van der Waals surface area contributed by atoms with E-state index in [1.54, 1.807) is 26.0 Å². The molecule has 3 N–H and O–H groups in total. The normalized spacial score (nSPS) is 10.5. The Labute approximate surface area is 87.9 Å². The summed E-state index contributed by atoms with van der Waals surface area (Å²) in [5.41, 5.74) is 5.08. The smallest absolute Gasteiger partial charge is 0.273 e. The van der Waals surface area contributed by atoms with Crippen LogP contribution in [0.1, 0.15) is 24.3 Å². The van der Waals surface area contributed by atoms with Gasteiger partial charge in [0.1, 0.15) is 5.54 Å². The van der Waals surface area contributed by atoms with Gasteiger partial charge in [0, 0.05) is 6.20 Å². The maximum absolute atomic E-state index is 11.6. The van der Waals surface area contributed by atoms with Gasteiger partial charge in [-0.15, -0.1) is 0 Å². The minimum atomic E-state index is -0.930. The molecule has 0 fully saturated rings. The SMILES string of the molecule is CC(C)(C#N)NC(=O)c1ncccc1N. The van der Waals surface area contributed by atoms with Gasteiger partial charge < -0.3 is 11.1 Å². The average Bonchev–Trinajstić information content (AvgIpc) is 2.17. The van der Waals surface area contributed by atoms with E-state index in [1.807, 2.05) is 6.07 Å². The van der Waals surface area contributed by atoms with Gasteiger partial charge in [0.25, 0.3) is 5.91 Å². The molecule has 1 aromatic rings. The predicted octanol–water partition coefficient (Wildman–Crippen LogP) is 0.696. The molecule has 1 rings (SSSR count). The first kappa shape index (κ1) is 11.0. The monoisotopic (exact) mass is 204 g/mol. The molecule has 5 nitrogen and oxygen atoms in total. The van der Waals surface area contributed by atoms with Crippen LogP contribution in [0.2, 0.25) is 0 Å². The summed E-state index contributed by atoms with van der Waals surface area (Å²) in [6.07, 6.45) is 1.48. The van der Waals surface area contributed by atoms with Gasteiger partial charge in [0.15, 0.2) is 5.69 Å². The highest BCUT2D eigenvalue weighted by atomic mass is 16.2. The van der Waals surface area contributed by atoms with Gasteiger partial charge in [-0.25, -0.2) is 4.98 Å². The standard InChI is InChI=1S/C10H12N4O/c1-10(2,6-11)14-9(15)8-7(12)4-3-5-13-8/h3-5H,12H2,1-2H3,(H,14,15). The highest BCUT2D eigenvalue weighted by molar-refractivity contribution is 5.97. The van der Waals surface area contributed by atoms with Crippen molar-refractivity contribution in [1.82, 2.24) is 10.3 Å². The fourth-order valence-electron chi connectivity index (χ4n) is 0.978. The zero-order valence-corrected chi connectivity index (χ0v) is 8.61. The molecule has 78 valence electrons. The summed E-state index contributed by atoms with van der Waals surface area (Å²) < 4.78 is 0. The van der Waals surface area contributed by atoms with Gasteiger partial charge in [-0.2, -0.15) is 5.26 Å². The number of nitrogens with zero attached hydrogens (tertiary/aromatic N) is 2. The summed E-state index contributed by atoms with van der Waals surface area (Å²) in [5.74, 6) is -0.445. The number of rotatable bonds is 2. The first-order valence-electron chi connectivity index (χ1n) is 4.40. The molecule has 0 unspecified atom stereocenters. The number of pyridine rings is 1. The number of anilines is 1. The molecule has 0 atom stereocenters. The largest absolute Gasteiger partial charge is 0.397 e. The van der Waals surface area contributed by atoms with Crippen LogP contribution in [0.5, 0.6) is 0 Å². The van der Waals surface area contributed by atoms with Crippen molar-refractivity contribution in [2.75, 3.05) is 5.73 Å². The highest BCUT2D eigenvalue weighted by Crippen LogP contribution is 2.08. The Morgan fingerprint density at radius 1 is 1.67 bits per heavy atom. The third-order valence-corrected chi connectivity index (χ3v) is 1.76. The fourth-order valence-corrected chi connectivity index (χ4v) is 0.978. The molecule has 0 bridgehead atoms. The molecule has 0 radical (unpaired) electrons. The van der Waals surface area contributed by atoms with Crippen LogP contribution in [-0.4, -0.2) is 16.4 Å². The Bertz CT molecular complexity index is 420. The molecule has 0 aromatic carbocycles. The van der Waals surface area contributed by atoms with Crippen molar-refractivity contribution in [2.45, 2.75) is 19.4 Å². The van der Waals surface area contributed by atoms with E-state index in [4.69, 9.17) is 11.0 Å². The van der Waals surface area contributed by atoms with E-state index < -0.39 is 11.4 Å². The van der Waals surface area contributed by atoms with Gasteiger partial charge in [-0.3, -0.25) is 4.79 Å². The van der Waals surface area contributed by atoms with Crippen LogP contribution in [0.15, 0.2) is 18.3 Å². The minimum absolute atomic E-state index is 0.140. The van der Waals surface area contributed by atoms with Crippen molar-refractivity contribution in [3.8, 4) is 6.07 Å². The Hall–Kier alpha value is -2.09. The van der Waals surface area contributed by atoms with Gasteiger partial charge in [-0.05, 0) is 26.0 Å². The Morgan fingerprint density at radius 2 is 2.33 bits per heavy atom. The second-order valence-corrected chi connectivity index (χ2v) is 3.63. The molecular weight excluding hydrogens is 192 g/mol. The first-order chi connectivity index (χ1) is 6.96. The van der Waals surface area contributed by atoms with Crippen LogP contribution in [-0.2, 0) is 0 Å². The molecule has 0 saturated heterocycles. The van der Waals surface area contributed by atoms with E-state index in [0.29, 0.717) is 5.69 Å². The second-order valence-electron chi connectivity index (χ2n) is 3.63. The van der Waals surface area contributed by atoms with Crippen LogP contribution in [0, 0.1) is 11.3 Å². The number of amides is 1. The van der Waals surface area contributed by atoms with Crippen molar-refractivity contribution < 1.29 is 4.79 Å². The predicted molar refractivity (Wildman–Crippen MR) is 55.8 cm³/mol. The van der Waals surface area contributed by atoms with E-state index in [1.165, 1.54) is 6.20 Å². The zero-order valence-electron chi connectivity index (χ0n) is 8.61. The van der Waals surface area contributed by atoms with E-state index in [9.17, 15) is 4.79 Å². The van der Waals surface area contributed by atoms with Crippen molar-refractivity contribution in [3.63, 3.8) is 0 Å². The molecule has 1 aromatic heterocycles. The molecule has 5 heteroatoms. The third-order valence-electron chi connectivity index (χ3n) is 1.76. The second kappa shape index (κ2) is 3.96. The Kier molecular flexibility index (Phi) is 2.90. The number of nitrogen functional groups attached to an aromatic ring is 1. The molecule has 15 heavy (non-hydrogen) atoms. The van der Waals surface area contributed by atoms with Gasteiger partial charge >= 0.3 is 0 Å². The number of nitrogens with one attached hydrogen (secondary N) is 1. The lowest BCUT2D eigenvalue weighted by molar-refractivity contribution is 0.0925. The molecular formula is C10H12N4O. The molecule has 0 aliphatic heterocycles. The van der Waals surface area contributed by atoms with E-state index in [2.05, 4.69) is 10.3 Å². The molecule has 0 aliphatic rings. The van der Waals surface area contributed by atoms with Crippen molar-refractivity contribution >= 4 is 11.6 Å². The first-order valence-corrected chi connectivity index (χ1v) is 4.40. The maximum Gasteiger partial charge on any atom is 0.273 e. The Morgan fingerprint density at radius 3 is 2.87 bits per heavy atom. The van der Waals surface area contributed by atoms with Crippen LogP contribution < -0.4 is 11.1 Å². The lowest BCUT2D eigenvalue weighted by Gasteiger charge is -2.17. The summed E-state index contributed by atoms with van der Waals surface area (Å²) in [6, 6.07) is 5.19. The highest BCUT2D eigenvalue weighted by Gasteiger charge is 2.21. The fraction of sp³-hybridized carbons (Fsp3) is 0.300. The third kappa shape index (κ3) is 2.68. The van der Waals surface area contributed by atoms with Crippen LogP contribution in [0.4, 0.5) is 5.69 Å². The van der Waals surface area contributed by atoms with Crippen LogP contribution in [0.3, 0.4) is 0 Å². The Balaban J connectivity index is 2.89. The lowest BCUT2D eigenvalue weighted by atomic mass is 10.1. The van der Waals surface area contributed by atoms with Crippen molar-refractivity contribution in [3.05, 3.63) is 24.0 Å². The van der Waals surface area contributed by atoms with Crippen molar-refractivity contribution in [2.24, 2.45) is 0 Å². The summed E-state index contributed by atoms with van der Waals surface area (Å²) in [4.78, 5) is 15.5. The number of hydrogen-bond acceptors (Lipinski definition) is 4. The molecule has 0 saturated carbocycles.